The molecule has 3 nitrogen and oxygen atoms in total. The Kier molecular flexibility index (Phi) is 4.22. The van der Waals surface area contributed by atoms with E-state index in [9.17, 15) is 0 Å². The summed E-state index contributed by atoms with van der Waals surface area (Å²) in [6, 6.07) is 8.41. The number of hydrogen-bond acceptors (Lipinski definition) is 3. The van der Waals surface area contributed by atoms with Crippen molar-refractivity contribution in [3.8, 4) is 5.75 Å². The van der Waals surface area contributed by atoms with E-state index in [1.807, 2.05) is 32.0 Å². The van der Waals surface area contributed by atoms with Crippen LogP contribution in [0.4, 0.5) is 0 Å². The minimum absolute atomic E-state index is 0.437. The molecule has 1 aliphatic rings. The zero-order valence-corrected chi connectivity index (χ0v) is 13.2. The first kappa shape index (κ1) is 14.5. The number of ether oxygens (including phenoxy) is 1. The number of halogens is 1. The summed E-state index contributed by atoms with van der Waals surface area (Å²) in [6.45, 7) is 5.30. The highest BCUT2D eigenvalue weighted by Crippen LogP contribution is 2.24. The van der Waals surface area contributed by atoms with E-state index in [4.69, 9.17) is 20.8 Å². The molecule has 0 radical (unpaired) electrons. The molecule has 0 atom stereocenters. The maximum absolute atomic E-state index is 5.94. The molecular weight excluding hydrogens is 286 g/mol. The predicted molar refractivity (Wildman–Crippen MR) is 83.8 cm³/mol. The molecule has 1 aliphatic carbocycles. The van der Waals surface area contributed by atoms with Crippen molar-refractivity contribution in [3.63, 3.8) is 0 Å². The van der Waals surface area contributed by atoms with Gasteiger partial charge in [0, 0.05) is 23.2 Å². The summed E-state index contributed by atoms with van der Waals surface area (Å²) in [7, 11) is 0. The van der Waals surface area contributed by atoms with Crippen molar-refractivity contribution in [2.75, 3.05) is 0 Å². The van der Waals surface area contributed by atoms with E-state index in [0.717, 1.165) is 34.4 Å². The van der Waals surface area contributed by atoms with Crippen molar-refractivity contribution in [2.45, 2.75) is 45.9 Å². The highest BCUT2D eigenvalue weighted by Gasteiger charge is 2.21. The zero-order valence-electron chi connectivity index (χ0n) is 12.4. The molecule has 0 saturated heterocycles. The Balaban J connectivity index is 1.60. The predicted octanol–water partition coefficient (Wildman–Crippen LogP) is 4.38. The molecule has 3 rings (SSSR count). The standard InChI is InChI=1S/C17H20ClNO2/c1-11-7-14(18)3-6-17(11)20-10-16-8-13(12(2)21-16)9-19-15-4-5-15/h3,6-8,15,19H,4-5,9-10H2,1-2H3. The number of benzene rings is 1. The molecule has 112 valence electrons. The van der Waals surface area contributed by atoms with Gasteiger partial charge in [-0.25, -0.2) is 0 Å². The summed E-state index contributed by atoms with van der Waals surface area (Å²) in [6.07, 6.45) is 2.59. The number of rotatable bonds is 6. The van der Waals surface area contributed by atoms with Crippen LogP contribution < -0.4 is 10.1 Å². The average Bonchev–Trinajstić information content (AvgIpc) is 3.20. The first-order valence-electron chi connectivity index (χ1n) is 7.32. The Hall–Kier alpha value is -1.45. The first-order chi connectivity index (χ1) is 10.1. The minimum Gasteiger partial charge on any atom is -0.485 e. The second-order valence-corrected chi connectivity index (χ2v) is 6.08. The molecule has 1 aromatic heterocycles. The van der Waals surface area contributed by atoms with E-state index in [0.29, 0.717) is 12.6 Å². The second kappa shape index (κ2) is 6.12. The second-order valence-electron chi connectivity index (χ2n) is 5.65. The van der Waals surface area contributed by atoms with Crippen LogP contribution in [0.3, 0.4) is 0 Å². The van der Waals surface area contributed by atoms with Gasteiger partial charge in [0.1, 0.15) is 23.9 Å². The highest BCUT2D eigenvalue weighted by molar-refractivity contribution is 6.30. The average molecular weight is 306 g/mol. The van der Waals surface area contributed by atoms with E-state index in [1.54, 1.807) is 0 Å². The van der Waals surface area contributed by atoms with Crippen LogP contribution in [0.15, 0.2) is 28.7 Å². The minimum atomic E-state index is 0.437. The fourth-order valence-corrected chi connectivity index (χ4v) is 2.53. The first-order valence-corrected chi connectivity index (χ1v) is 7.70. The Bertz CT molecular complexity index is 632. The van der Waals surface area contributed by atoms with Crippen LogP contribution in [0, 0.1) is 13.8 Å². The van der Waals surface area contributed by atoms with Gasteiger partial charge in [-0.3, -0.25) is 0 Å². The van der Waals surface area contributed by atoms with Crippen LogP contribution in [0.5, 0.6) is 5.75 Å². The monoisotopic (exact) mass is 305 g/mol. The van der Waals surface area contributed by atoms with Crippen molar-refractivity contribution in [1.82, 2.24) is 5.32 Å². The van der Waals surface area contributed by atoms with Gasteiger partial charge >= 0.3 is 0 Å². The molecule has 1 fully saturated rings. The van der Waals surface area contributed by atoms with Gasteiger partial charge in [0.15, 0.2) is 0 Å². The van der Waals surface area contributed by atoms with Gasteiger partial charge in [-0.1, -0.05) is 11.6 Å². The molecule has 4 heteroatoms. The summed E-state index contributed by atoms with van der Waals surface area (Å²) in [4.78, 5) is 0. The molecule has 0 spiro atoms. The number of furan rings is 1. The Morgan fingerprint density at radius 1 is 1.29 bits per heavy atom. The van der Waals surface area contributed by atoms with Crippen LogP contribution in [-0.2, 0) is 13.2 Å². The quantitative estimate of drug-likeness (QED) is 0.860. The lowest BCUT2D eigenvalue weighted by Gasteiger charge is -2.07. The van der Waals surface area contributed by atoms with Gasteiger partial charge in [0.2, 0.25) is 0 Å². The third-order valence-electron chi connectivity index (χ3n) is 3.74. The summed E-state index contributed by atoms with van der Waals surface area (Å²) in [5.74, 6) is 2.66. The fourth-order valence-electron chi connectivity index (χ4n) is 2.30. The molecule has 1 aromatic carbocycles. The van der Waals surface area contributed by atoms with Gasteiger partial charge in [0.25, 0.3) is 0 Å². The number of nitrogens with one attached hydrogen (secondary N) is 1. The van der Waals surface area contributed by atoms with Gasteiger partial charge in [0.05, 0.1) is 0 Å². The van der Waals surface area contributed by atoms with Crippen molar-refractivity contribution < 1.29 is 9.15 Å². The maximum atomic E-state index is 5.94. The molecular formula is C17H20ClNO2. The van der Waals surface area contributed by atoms with Crippen molar-refractivity contribution in [1.29, 1.82) is 0 Å². The topological polar surface area (TPSA) is 34.4 Å². The smallest absolute Gasteiger partial charge is 0.146 e. The molecule has 1 N–H and O–H groups in total. The Labute approximate surface area is 130 Å². The molecule has 2 aromatic rings. The molecule has 0 unspecified atom stereocenters. The zero-order chi connectivity index (χ0) is 14.8. The maximum Gasteiger partial charge on any atom is 0.146 e. The van der Waals surface area contributed by atoms with Gasteiger partial charge in [-0.2, -0.15) is 0 Å². The van der Waals surface area contributed by atoms with Crippen LogP contribution >= 0.6 is 11.6 Å². The van der Waals surface area contributed by atoms with Crippen LogP contribution in [0.25, 0.3) is 0 Å². The van der Waals surface area contributed by atoms with E-state index in [1.165, 1.54) is 18.4 Å². The third-order valence-corrected chi connectivity index (χ3v) is 3.97. The Morgan fingerprint density at radius 3 is 2.81 bits per heavy atom. The molecule has 0 aliphatic heterocycles. The van der Waals surface area contributed by atoms with Gasteiger partial charge in [-0.15, -0.1) is 0 Å². The van der Waals surface area contributed by atoms with E-state index >= 15 is 0 Å². The largest absolute Gasteiger partial charge is 0.485 e. The summed E-state index contributed by atoms with van der Waals surface area (Å²) in [5.41, 5.74) is 2.25. The van der Waals surface area contributed by atoms with Crippen LogP contribution in [-0.4, -0.2) is 6.04 Å². The van der Waals surface area contributed by atoms with Crippen molar-refractivity contribution >= 4 is 11.6 Å². The van der Waals surface area contributed by atoms with Crippen molar-refractivity contribution in [3.05, 3.63) is 51.9 Å². The Morgan fingerprint density at radius 2 is 2.10 bits per heavy atom. The van der Waals surface area contributed by atoms with E-state index in [-0.39, 0.29) is 0 Å². The van der Waals surface area contributed by atoms with Crippen molar-refractivity contribution in [2.24, 2.45) is 0 Å². The number of hydrogen-bond donors (Lipinski definition) is 1. The third kappa shape index (κ3) is 3.80. The van der Waals surface area contributed by atoms with Crippen LogP contribution in [0.2, 0.25) is 5.02 Å². The molecule has 0 amide bonds. The van der Waals surface area contributed by atoms with Gasteiger partial charge in [-0.05, 0) is 56.5 Å². The molecule has 1 saturated carbocycles. The van der Waals surface area contributed by atoms with Crippen LogP contribution in [0.1, 0.15) is 35.5 Å². The lowest BCUT2D eigenvalue weighted by atomic mass is 10.2. The molecule has 21 heavy (non-hydrogen) atoms. The lowest BCUT2D eigenvalue weighted by molar-refractivity contribution is 0.266. The normalized spacial score (nSPS) is 14.4. The molecule has 0 bridgehead atoms. The summed E-state index contributed by atoms with van der Waals surface area (Å²) < 4.78 is 11.6. The summed E-state index contributed by atoms with van der Waals surface area (Å²) >= 11 is 5.94. The van der Waals surface area contributed by atoms with E-state index < -0.39 is 0 Å². The molecule has 1 heterocycles. The highest BCUT2D eigenvalue weighted by atomic mass is 35.5. The lowest BCUT2D eigenvalue weighted by Crippen LogP contribution is -2.15. The fraction of sp³-hybridized carbons (Fsp3) is 0.412. The summed E-state index contributed by atoms with van der Waals surface area (Å²) in [5, 5.41) is 4.22. The number of aryl methyl sites for hydroxylation is 2. The SMILES string of the molecule is Cc1cc(Cl)ccc1OCc1cc(CNC2CC2)c(C)o1. The van der Waals surface area contributed by atoms with Gasteiger partial charge < -0.3 is 14.5 Å². The van der Waals surface area contributed by atoms with E-state index in [2.05, 4.69) is 11.4 Å².